The highest BCUT2D eigenvalue weighted by molar-refractivity contribution is 5.94. The van der Waals surface area contributed by atoms with Gasteiger partial charge in [0.05, 0.1) is 12.7 Å². The molecule has 7 nitrogen and oxygen atoms in total. The zero-order valence-corrected chi connectivity index (χ0v) is 16.3. The smallest absolute Gasteiger partial charge is 0.337 e. The van der Waals surface area contributed by atoms with E-state index in [4.69, 9.17) is 0 Å². The lowest BCUT2D eigenvalue weighted by Gasteiger charge is -2.27. The minimum Gasteiger partial charge on any atom is -0.465 e. The Hall–Kier alpha value is -2.41. The number of benzene rings is 1. The number of carbonyl (C=O) groups excluding carboxylic acids is 3. The predicted molar refractivity (Wildman–Crippen MR) is 103 cm³/mol. The van der Waals surface area contributed by atoms with Crippen LogP contribution < -0.4 is 10.6 Å². The molecular formula is C20H29N3O4. The van der Waals surface area contributed by atoms with Gasteiger partial charge >= 0.3 is 5.97 Å². The topological polar surface area (TPSA) is 87.7 Å². The van der Waals surface area contributed by atoms with E-state index >= 15 is 0 Å². The van der Waals surface area contributed by atoms with Crippen LogP contribution in [0.2, 0.25) is 0 Å². The van der Waals surface area contributed by atoms with Crippen LogP contribution in [0.3, 0.4) is 0 Å². The van der Waals surface area contributed by atoms with Gasteiger partial charge in [-0.1, -0.05) is 0 Å². The van der Waals surface area contributed by atoms with Crippen LogP contribution in [0.15, 0.2) is 24.3 Å². The normalized spacial score (nSPS) is 19.4. The molecule has 0 radical (unpaired) electrons. The fraction of sp³-hybridized carbons (Fsp3) is 0.550. The zero-order valence-electron chi connectivity index (χ0n) is 16.3. The number of methoxy groups -OCH3 is 1. The molecule has 2 rings (SSSR count). The van der Waals surface area contributed by atoms with Gasteiger partial charge in [-0.2, -0.15) is 0 Å². The standard InChI is InChI=1S/C20H29N3O4/c1-23(2)13-12-21-18(24)14-4-6-15(7-5-14)19(25)22-17-10-8-16(9-11-17)20(26)27-3/h8-11,14-15H,4-7,12-13H2,1-3H3,(H,21,24)(H,22,25). The molecule has 0 spiro atoms. The lowest BCUT2D eigenvalue weighted by molar-refractivity contribution is -0.128. The fourth-order valence-electron chi connectivity index (χ4n) is 3.22. The third kappa shape index (κ3) is 6.36. The van der Waals surface area contributed by atoms with Crippen molar-refractivity contribution in [2.24, 2.45) is 11.8 Å². The van der Waals surface area contributed by atoms with E-state index in [1.807, 2.05) is 19.0 Å². The maximum Gasteiger partial charge on any atom is 0.337 e. The van der Waals surface area contributed by atoms with Crippen molar-refractivity contribution >= 4 is 23.5 Å². The van der Waals surface area contributed by atoms with Gasteiger partial charge in [-0.3, -0.25) is 9.59 Å². The van der Waals surface area contributed by atoms with Crippen molar-refractivity contribution in [3.63, 3.8) is 0 Å². The molecule has 1 aromatic carbocycles. The molecule has 2 amide bonds. The molecule has 0 unspecified atom stereocenters. The van der Waals surface area contributed by atoms with Crippen molar-refractivity contribution in [1.82, 2.24) is 10.2 Å². The number of amides is 2. The first kappa shape index (κ1) is 20.9. The van der Waals surface area contributed by atoms with Crippen molar-refractivity contribution in [3.05, 3.63) is 29.8 Å². The van der Waals surface area contributed by atoms with Gasteiger partial charge in [0, 0.05) is 30.6 Å². The summed E-state index contributed by atoms with van der Waals surface area (Å²) in [4.78, 5) is 38.1. The van der Waals surface area contributed by atoms with Crippen LogP contribution in [0.25, 0.3) is 0 Å². The lowest BCUT2D eigenvalue weighted by atomic mass is 9.81. The van der Waals surface area contributed by atoms with Crippen LogP contribution in [0.1, 0.15) is 36.0 Å². The lowest BCUT2D eigenvalue weighted by Crippen LogP contribution is -2.38. The van der Waals surface area contributed by atoms with Crippen molar-refractivity contribution in [2.45, 2.75) is 25.7 Å². The van der Waals surface area contributed by atoms with Crippen molar-refractivity contribution in [1.29, 1.82) is 0 Å². The average Bonchev–Trinajstić information content (AvgIpc) is 2.67. The van der Waals surface area contributed by atoms with Crippen LogP contribution >= 0.6 is 0 Å². The Bertz CT molecular complexity index is 650. The van der Waals surface area contributed by atoms with E-state index in [1.54, 1.807) is 24.3 Å². The molecule has 0 saturated heterocycles. The molecule has 1 fully saturated rings. The highest BCUT2D eigenvalue weighted by Gasteiger charge is 2.29. The Kier molecular flexibility index (Phi) is 7.79. The summed E-state index contributed by atoms with van der Waals surface area (Å²) in [5.41, 5.74) is 1.09. The first-order chi connectivity index (χ1) is 12.9. The number of rotatable bonds is 7. The second kappa shape index (κ2) is 10.1. The number of hydrogen-bond acceptors (Lipinski definition) is 5. The highest BCUT2D eigenvalue weighted by atomic mass is 16.5. The Balaban J connectivity index is 1.77. The molecule has 27 heavy (non-hydrogen) atoms. The number of anilines is 1. The first-order valence-corrected chi connectivity index (χ1v) is 9.32. The van der Waals surface area contributed by atoms with Crippen molar-refractivity contribution < 1.29 is 19.1 Å². The van der Waals surface area contributed by atoms with Crippen LogP contribution in [-0.2, 0) is 14.3 Å². The van der Waals surface area contributed by atoms with E-state index in [1.165, 1.54) is 7.11 Å². The summed E-state index contributed by atoms with van der Waals surface area (Å²) < 4.78 is 4.66. The Labute approximate surface area is 160 Å². The molecular weight excluding hydrogens is 346 g/mol. The van der Waals surface area contributed by atoms with Gasteiger partial charge in [0.2, 0.25) is 11.8 Å². The number of hydrogen-bond donors (Lipinski definition) is 2. The van der Waals surface area contributed by atoms with Gasteiger partial charge in [0.15, 0.2) is 0 Å². The molecule has 0 atom stereocenters. The summed E-state index contributed by atoms with van der Waals surface area (Å²) in [5.74, 6) is -0.442. The maximum absolute atomic E-state index is 12.5. The summed E-state index contributed by atoms with van der Waals surface area (Å²) in [6, 6.07) is 6.62. The van der Waals surface area contributed by atoms with Crippen molar-refractivity contribution in [3.8, 4) is 0 Å². The van der Waals surface area contributed by atoms with Crippen LogP contribution in [0.4, 0.5) is 5.69 Å². The number of likely N-dealkylation sites (N-methyl/N-ethyl adjacent to an activating group) is 1. The monoisotopic (exact) mass is 375 g/mol. The number of carbonyl (C=O) groups is 3. The SMILES string of the molecule is COC(=O)c1ccc(NC(=O)C2CCC(C(=O)NCCN(C)C)CC2)cc1. The molecule has 0 aromatic heterocycles. The van der Waals surface area contributed by atoms with Crippen molar-refractivity contribution in [2.75, 3.05) is 39.6 Å². The van der Waals surface area contributed by atoms with Gasteiger partial charge in [0.25, 0.3) is 0 Å². The molecule has 1 aliphatic carbocycles. The van der Waals surface area contributed by atoms with E-state index in [0.29, 0.717) is 30.6 Å². The Morgan fingerprint density at radius 3 is 2.07 bits per heavy atom. The summed E-state index contributed by atoms with van der Waals surface area (Å²) in [7, 11) is 5.27. The van der Waals surface area contributed by atoms with Gasteiger partial charge in [-0.15, -0.1) is 0 Å². The molecule has 0 bridgehead atoms. The number of esters is 1. The minimum atomic E-state index is -0.407. The number of ether oxygens (including phenoxy) is 1. The fourth-order valence-corrected chi connectivity index (χ4v) is 3.22. The van der Waals surface area contributed by atoms with E-state index in [-0.39, 0.29) is 23.7 Å². The molecule has 1 aliphatic rings. The van der Waals surface area contributed by atoms with Crippen LogP contribution in [-0.4, -0.2) is 57.0 Å². The Morgan fingerprint density at radius 1 is 1.00 bits per heavy atom. The third-order valence-electron chi connectivity index (χ3n) is 4.90. The molecule has 7 heteroatoms. The summed E-state index contributed by atoms with van der Waals surface area (Å²) in [5, 5.41) is 5.86. The molecule has 1 saturated carbocycles. The van der Waals surface area contributed by atoms with Gasteiger partial charge in [-0.05, 0) is 64.0 Å². The number of nitrogens with one attached hydrogen (secondary N) is 2. The Morgan fingerprint density at radius 2 is 1.56 bits per heavy atom. The predicted octanol–water partition coefficient (Wildman–Crippen LogP) is 1.90. The maximum atomic E-state index is 12.5. The summed E-state index contributed by atoms with van der Waals surface area (Å²) in [6.45, 7) is 1.46. The number of nitrogens with zero attached hydrogens (tertiary/aromatic N) is 1. The second-order valence-electron chi connectivity index (χ2n) is 7.20. The average molecular weight is 375 g/mol. The zero-order chi connectivity index (χ0) is 19.8. The summed E-state index contributed by atoms with van der Waals surface area (Å²) in [6.07, 6.45) is 2.87. The van der Waals surface area contributed by atoms with E-state index in [0.717, 1.165) is 19.4 Å². The van der Waals surface area contributed by atoms with E-state index in [9.17, 15) is 14.4 Å². The molecule has 2 N–H and O–H groups in total. The third-order valence-corrected chi connectivity index (χ3v) is 4.90. The molecule has 0 aliphatic heterocycles. The minimum absolute atomic E-state index is 0.00412. The molecule has 148 valence electrons. The quantitative estimate of drug-likeness (QED) is 0.711. The second-order valence-corrected chi connectivity index (χ2v) is 7.20. The van der Waals surface area contributed by atoms with Gasteiger partial charge in [-0.25, -0.2) is 4.79 Å². The molecule has 1 aromatic rings. The van der Waals surface area contributed by atoms with E-state index in [2.05, 4.69) is 15.4 Å². The molecule has 0 heterocycles. The van der Waals surface area contributed by atoms with Gasteiger partial charge in [0.1, 0.15) is 0 Å². The van der Waals surface area contributed by atoms with Gasteiger partial charge < -0.3 is 20.3 Å². The van der Waals surface area contributed by atoms with Crippen LogP contribution in [0, 0.1) is 11.8 Å². The largest absolute Gasteiger partial charge is 0.465 e. The highest BCUT2D eigenvalue weighted by Crippen LogP contribution is 2.30. The first-order valence-electron chi connectivity index (χ1n) is 9.32. The van der Waals surface area contributed by atoms with Crippen LogP contribution in [0.5, 0.6) is 0 Å². The summed E-state index contributed by atoms with van der Waals surface area (Å²) >= 11 is 0. The van der Waals surface area contributed by atoms with E-state index < -0.39 is 5.97 Å².